The lowest BCUT2D eigenvalue weighted by atomic mass is 10.4. The van der Waals surface area contributed by atoms with Gasteiger partial charge >= 0.3 is 0 Å². The Morgan fingerprint density at radius 3 is 3.29 bits per heavy atom. The summed E-state index contributed by atoms with van der Waals surface area (Å²) in [5.41, 5.74) is 3.33. The molecule has 78 valence electrons. The highest BCUT2D eigenvalue weighted by Gasteiger charge is 2.19. The zero-order valence-electron chi connectivity index (χ0n) is 8.36. The van der Waals surface area contributed by atoms with Gasteiger partial charge in [0.1, 0.15) is 0 Å². The van der Waals surface area contributed by atoms with Crippen molar-refractivity contribution >= 4 is 11.8 Å². The number of ether oxygens (including phenoxy) is 1. The second kappa shape index (κ2) is 4.18. The van der Waals surface area contributed by atoms with E-state index in [2.05, 4.69) is 22.5 Å². The van der Waals surface area contributed by atoms with Crippen LogP contribution in [0.4, 0.5) is 0 Å². The topological polar surface area (TPSA) is 52.0 Å². The van der Waals surface area contributed by atoms with Crippen LogP contribution in [0.2, 0.25) is 0 Å². The van der Waals surface area contributed by atoms with Gasteiger partial charge in [0.25, 0.3) is 0 Å². The molecular weight excluding hydrogens is 200 g/mol. The Kier molecular flexibility index (Phi) is 2.93. The van der Waals surface area contributed by atoms with Crippen LogP contribution in [0.15, 0.2) is 5.16 Å². The maximum Gasteiger partial charge on any atom is 0.210 e. The van der Waals surface area contributed by atoms with E-state index in [9.17, 15) is 0 Å². The molecule has 0 aliphatic carbocycles. The molecular formula is C8H14N4OS. The van der Waals surface area contributed by atoms with E-state index < -0.39 is 0 Å². The second-order valence-corrected chi connectivity index (χ2v) is 4.31. The molecule has 0 saturated heterocycles. The first-order valence-electron chi connectivity index (χ1n) is 4.64. The van der Waals surface area contributed by atoms with Gasteiger partial charge in [-0.1, -0.05) is 11.8 Å². The fraction of sp³-hybridized carbons (Fsp3) is 0.750. The Hall–Kier alpha value is -0.750. The lowest BCUT2D eigenvalue weighted by Gasteiger charge is -2.22. The second-order valence-electron chi connectivity index (χ2n) is 3.32. The van der Waals surface area contributed by atoms with E-state index in [0.717, 1.165) is 23.2 Å². The lowest BCUT2D eigenvalue weighted by Crippen LogP contribution is -2.33. The van der Waals surface area contributed by atoms with Crippen molar-refractivity contribution in [3.8, 4) is 0 Å². The van der Waals surface area contributed by atoms with Gasteiger partial charge in [-0.25, -0.2) is 4.68 Å². The van der Waals surface area contributed by atoms with Gasteiger partial charge in [-0.15, -0.1) is 10.2 Å². The lowest BCUT2D eigenvalue weighted by molar-refractivity contribution is 0.199. The number of aromatic nitrogens is 3. The number of nitrogens with one attached hydrogen (secondary N) is 1. The summed E-state index contributed by atoms with van der Waals surface area (Å²) >= 11 is 1.74. The molecule has 2 rings (SSSR count). The molecule has 1 aliphatic rings. The van der Waals surface area contributed by atoms with Gasteiger partial charge in [0, 0.05) is 25.3 Å². The summed E-state index contributed by atoms with van der Waals surface area (Å²) in [6, 6.07) is 0.463. The molecule has 6 heteroatoms. The molecule has 2 heterocycles. The molecule has 0 fully saturated rings. The van der Waals surface area contributed by atoms with Crippen molar-refractivity contribution in [1.29, 1.82) is 0 Å². The van der Waals surface area contributed by atoms with Crippen LogP contribution >= 0.6 is 11.8 Å². The summed E-state index contributed by atoms with van der Waals surface area (Å²) in [5, 5.41) is 9.17. The van der Waals surface area contributed by atoms with Gasteiger partial charge in [-0.3, -0.25) is 0 Å². The molecule has 0 aromatic carbocycles. The van der Waals surface area contributed by atoms with Gasteiger partial charge in [0.2, 0.25) is 5.16 Å². The van der Waals surface area contributed by atoms with Crippen molar-refractivity contribution in [3.05, 3.63) is 5.82 Å². The Bertz CT molecular complexity index is 314. The van der Waals surface area contributed by atoms with Crippen molar-refractivity contribution in [1.82, 2.24) is 14.9 Å². The van der Waals surface area contributed by atoms with Gasteiger partial charge in [-0.2, -0.15) is 0 Å². The number of thioether (sulfide) groups is 1. The quantitative estimate of drug-likeness (QED) is 0.794. The summed E-state index contributed by atoms with van der Waals surface area (Å²) in [6.45, 7) is 2.83. The van der Waals surface area contributed by atoms with Crippen LogP contribution < -0.4 is 5.43 Å². The van der Waals surface area contributed by atoms with Gasteiger partial charge in [0.15, 0.2) is 5.82 Å². The average molecular weight is 214 g/mol. The van der Waals surface area contributed by atoms with E-state index in [1.807, 2.05) is 4.68 Å². The highest BCUT2D eigenvalue weighted by molar-refractivity contribution is 7.99. The Labute approximate surface area is 87.2 Å². The van der Waals surface area contributed by atoms with Crippen LogP contribution in [0.3, 0.4) is 0 Å². The molecule has 1 atom stereocenters. The number of hydrogen-bond donors (Lipinski definition) is 1. The number of nitrogens with zero attached hydrogens (tertiary/aromatic N) is 3. The molecule has 0 amide bonds. The average Bonchev–Trinajstić information content (AvgIpc) is 2.57. The molecule has 1 unspecified atom stereocenters. The van der Waals surface area contributed by atoms with Gasteiger partial charge in [-0.05, 0) is 6.92 Å². The SMILES string of the molecule is COCCc1nnc2n1NC(C)CS2. The minimum Gasteiger partial charge on any atom is -0.384 e. The van der Waals surface area contributed by atoms with Crippen molar-refractivity contribution in [2.24, 2.45) is 0 Å². The highest BCUT2D eigenvalue weighted by Crippen LogP contribution is 2.21. The van der Waals surface area contributed by atoms with Crippen LogP contribution in [-0.4, -0.2) is 40.4 Å². The fourth-order valence-electron chi connectivity index (χ4n) is 1.34. The monoisotopic (exact) mass is 214 g/mol. The Morgan fingerprint density at radius 2 is 2.50 bits per heavy atom. The van der Waals surface area contributed by atoms with E-state index in [0.29, 0.717) is 12.6 Å². The fourth-order valence-corrected chi connectivity index (χ4v) is 2.20. The minimum atomic E-state index is 0.463. The summed E-state index contributed by atoms with van der Waals surface area (Å²) in [4.78, 5) is 0. The minimum absolute atomic E-state index is 0.463. The first kappa shape index (κ1) is 9.79. The largest absolute Gasteiger partial charge is 0.384 e. The van der Waals surface area contributed by atoms with Gasteiger partial charge in [0.05, 0.1) is 6.61 Å². The maximum absolute atomic E-state index is 5.02. The number of methoxy groups -OCH3 is 1. The molecule has 1 aromatic rings. The molecule has 1 aliphatic heterocycles. The van der Waals surface area contributed by atoms with E-state index in [1.165, 1.54) is 0 Å². The van der Waals surface area contributed by atoms with E-state index in [1.54, 1.807) is 18.9 Å². The van der Waals surface area contributed by atoms with E-state index in [4.69, 9.17) is 4.74 Å². The highest BCUT2D eigenvalue weighted by atomic mass is 32.2. The maximum atomic E-state index is 5.02. The van der Waals surface area contributed by atoms with Crippen LogP contribution in [0, 0.1) is 0 Å². The standard InChI is InChI=1S/C8H14N4OS/c1-6-5-14-8-10-9-7(3-4-13-2)12(8)11-6/h6,11H,3-5H2,1-2H3. The number of hydrogen-bond acceptors (Lipinski definition) is 5. The molecule has 0 saturated carbocycles. The third kappa shape index (κ3) is 1.85. The summed E-state index contributed by atoms with van der Waals surface area (Å²) < 4.78 is 6.99. The molecule has 14 heavy (non-hydrogen) atoms. The smallest absolute Gasteiger partial charge is 0.210 e. The van der Waals surface area contributed by atoms with Crippen molar-refractivity contribution < 1.29 is 4.74 Å². The number of fused-ring (bicyclic) bond motifs is 1. The van der Waals surface area contributed by atoms with Crippen molar-refractivity contribution in [2.75, 3.05) is 24.9 Å². The van der Waals surface area contributed by atoms with Gasteiger partial charge < -0.3 is 10.2 Å². The van der Waals surface area contributed by atoms with Crippen molar-refractivity contribution in [3.63, 3.8) is 0 Å². The normalized spacial score (nSPS) is 20.3. The van der Waals surface area contributed by atoms with Crippen LogP contribution in [-0.2, 0) is 11.2 Å². The third-order valence-electron chi connectivity index (χ3n) is 2.04. The first-order chi connectivity index (χ1) is 6.81. The van der Waals surface area contributed by atoms with Crippen molar-refractivity contribution in [2.45, 2.75) is 24.5 Å². The predicted octanol–water partition coefficient (Wildman–Crippen LogP) is 0.505. The van der Waals surface area contributed by atoms with E-state index in [-0.39, 0.29) is 0 Å². The summed E-state index contributed by atoms with van der Waals surface area (Å²) in [6.07, 6.45) is 0.795. The molecule has 1 N–H and O–H groups in total. The first-order valence-corrected chi connectivity index (χ1v) is 5.62. The molecule has 1 aromatic heterocycles. The van der Waals surface area contributed by atoms with Crippen LogP contribution in [0.25, 0.3) is 0 Å². The summed E-state index contributed by atoms with van der Waals surface area (Å²) in [7, 11) is 1.69. The predicted molar refractivity (Wildman–Crippen MR) is 55.1 cm³/mol. The third-order valence-corrected chi connectivity index (χ3v) is 3.23. The Morgan fingerprint density at radius 1 is 1.64 bits per heavy atom. The molecule has 5 nitrogen and oxygen atoms in total. The Balaban J connectivity index is 2.13. The number of rotatable bonds is 3. The van der Waals surface area contributed by atoms with Crippen LogP contribution in [0.5, 0.6) is 0 Å². The zero-order valence-corrected chi connectivity index (χ0v) is 9.17. The molecule has 0 bridgehead atoms. The molecule has 0 radical (unpaired) electrons. The molecule has 0 spiro atoms. The van der Waals surface area contributed by atoms with E-state index >= 15 is 0 Å². The van der Waals surface area contributed by atoms with Crippen LogP contribution in [0.1, 0.15) is 12.7 Å². The zero-order chi connectivity index (χ0) is 9.97. The summed E-state index contributed by atoms with van der Waals surface area (Å²) in [5.74, 6) is 1.99.